The van der Waals surface area contributed by atoms with Crippen LogP contribution in [0, 0.1) is 0 Å². The highest BCUT2D eigenvalue weighted by atomic mass is 32.2. The van der Waals surface area contributed by atoms with Gasteiger partial charge in [0.15, 0.2) is 0 Å². The van der Waals surface area contributed by atoms with Gasteiger partial charge in [-0.1, -0.05) is 12.1 Å². The second-order valence-corrected chi connectivity index (χ2v) is 5.26. The zero-order chi connectivity index (χ0) is 12.0. The van der Waals surface area contributed by atoms with E-state index in [2.05, 4.69) is 0 Å². The van der Waals surface area contributed by atoms with Crippen molar-refractivity contribution in [3.63, 3.8) is 0 Å². The summed E-state index contributed by atoms with van der Waals surface area (Å²) in [5, 5.41) is 9.57. The molecule has 86 valence electrons. The van der Waals surface area contributed by atoms with Gasteiger partial charge in [-0.3, -0.25) is 4.55 Å². The quantitative estimate of drug-likeness (QED) is 0.480. The Morgan fingerprint density at radius 3 is 2.69 bits per heavy atom. The van der Waals surface area contributed by atoms with Crippen molar-refractivity contribution in [1.82, 2.24) is 0 Å². The normalized spacial score (nSPS) is 24.2. The summed E-state index contributed by atoms with van der Waals surface area (Å²) in [7, 11) is -4.19. The Hall–Kier alpha value is -1.21. The van der Waals surface area contributed by atoms with Crippen LogP contribution < -0.4 is 5.73 Å². The van der Waals surface area contributed by atoms with Crippen molar-refractivity contribution < 1.29 is 18.1 Å². The van der Waals surface area contributed by atoms with Crippen LogP contribution in [0.3, 0.4) is 0 Å². The molecule has 2 rings (SSSR count). The van der Waals surface area contributed by atoms with Gasteiger partial charge < -0.3 is 10.8 Å². The summed E-state index contributed by atoms with van der Waals surface area (Å²) >= 11 is 0. The van der Waals surface area contributed by atoms with Crippen LogP contribution in [-0.4, -0.2) is 23.8 Å². The molecule has 0 aliphatic heterocycles. The predicted octanol–water partition coefficient (Wildman–Crippen LogP) is 0.150. The average Bonchev–Trinajstić information content (AvgIpc) is 2.14. The van der Waals surface area contributed by atoms with E-state index >= 15 is 0 Å². The number of fused-ring (bicyclic) bond motifs is 1. The van der Waals surface area contributed by atoms with Crippen molar-refractivity contribution in [3.8, 4) is 0 Å². The van der Waals surface area contributed by atoms with Crippen molar-refractivity contribution in [2.75, 3.05) is 0 Å². The first-order valence-electron chi connectivity index (χ1n) is 4.59. The van der Waals surface area contributed by atoms with Gasteiger partial charge in [-0.05, 0) is 29.3 Å². The standard InChI is InChI=1S/C10H11NO4S/c11-10(12)4-3-7-5-9(16(13,14)15)2-1-8(7)6-10/h1-5,12H,6,11H2,(H,13,14,15). The van der Waals surface area contributed by atoms with Crippen LogP contribution in [0.5, 0.6) is 0 Å². The van der Waals surface area contributed by atoms with E-state index < -0.39 is 15.8 Å². The third-order valence-electron chi connectivity index (χ3n) is 2.44. The minimum absolute atomic E-state index is 0.168. The maximum Gasteiger partial charge on any atom is 0.294 e. The maximum absolute atomic E-state index is 10.9. The Labute approximate surface area is 93.0 Å². The molecule has 0 aromatic heterocycles. The van der Waals surface area contributed by atoms with E-state index in [1.807, 2.05) is 0 Å². The number of hydrogen-bond donors (Lipinski definition) is 3. The topological polar surface area (TPSA) is 101 Å². The second-order valence-electron chi connectivity index (χ2n) is 3.84. The van der Waals surface area contributed by atoms with E-state index in [1.54, 1.807) is 0 Å². The molecular formula is C10H11NO4S. The second kappa shape index (κ2) is 3.39. The van der Waals surface area contributed by atoms with Gasteiger partial charge in [0.1, 0.15) is 5.72 Å². The van der Waals surface area contributed by atoms with E-state index in [9.17, 15) is 13.5 Å². The Kier molecular flexibility index (Phi) is 2.39. The van der Waals surface area contributed by atoms with Crippen LogP contribution in [-0.2, 0) is 16.5 Å². The first-order valence-corrected chi connectivity index (χ1v) is 6.03. The SMILES string of the molecule is NC1(O)C=Cc2cc(S(=O)(=O)O)ccc2C1. The molecule has 0 heterocycles. The molecule has 5 nitrogen and oxygen atoms in total. The lowest BCUT2D eigenvalue weighted by Gasteiger charge is -2.24. The fraction of sp³-hybridized carbons (Fsp3) is 0.200. The molecule has 6 heteroatoms. The van der Waals surface area contributed by atoms with E-state index in [-0.39, 0.29) is 11.3 Å². The average molecular weight is 241 g/mol. The summed E-state index contributed by atoms with van der Waals surface area (Å²) in [5.41, 5.74) is 5.49. The minimum atomic E-state index is -4.19. The number of aliphatic hydroxyl groups is 1. The van der Waals surface area contributed by atoms with Gasteiger partial charge in [-0.2, -0.15) is 8.42 Å². The van der Waals surface area contributed by atoms with Gasteiger partial charge in [-0.25, -0.2) is 0 Å². The molecule has 0 amide bonds. The lowest BCUT2D eigenvalue weighted by molar-refractivity contribution is 0.0983. The maximum atomic E-state index is 10.9. The van der Waals surface area contributed by atoms with E-state index in [1.165, 1.54) is 30.4 Å². The van der Waals surface area contributed by atoms with Crippen LogP contribution in [0.1, 0.15) is 11.1 Å². The van der Waals surface area contributed by atoms with Crippen LogP contribution in [0.25, 0.3) is 6.08 Å². The molecule has 0 spiro atoms. The van der Waals surface area contributed by atoms with Gasteiger partial charge in [0.2, 0.25) is 0 Å². The molecule has 1 aliphatic carbocycles. The molecule has 16 heavy (non-hydrogen) atoms. The Balaban J connectivity index is 2.51. The smallest absolute Gasteiger partial charge is 0.294 e. The molecule has 1 aromatic rings. The summed E-state index contributed by atoms with van der Waals surface area (Å²) in [4.78, 5) is -0.168. The highest BCUT2D eigenvalue weighted by Gasteiger charge is 2.24. The van der Waals surface area contributed by atoms with E-state index in [0.717, 1.165) is 5.56 Å². The molecule has 1 aromatic carbocycles. The Morgan fingerprint density at radius 1 is 1.38 bits per heavy atom. The monoisotopic (exact) mass is 241 g/mol. The summed E-state index contributed by atoms with van der Waals surface area (Å²) < 4.78 is 30.7. The van der Waals surface area contributed by atoms with Crippen LogP contribution in [0.4, 0.5) is 0 Å². The zero-order valence-corrected chi connectivity index (χ0v) is 9.11. The summed E-state index contributed by atoms with van der Waals surface area (Å²) in [6.45, 7) is 0. The third kappa shape index (κ3) is 2.14. The molecule has 4 N–H and O–H groups in total. The Bertz CT molecular complexity index is 560. The highest BCUT2D eigenvalue weighted by Crippen LogP contribution is 2.25. The molecule has 0 saturated carbocycles. The summed E-state index contributed by atoms with van der Waals surface area (Å²) in [6, 6.07) is 4.15. The van der Waals surface area contributed by atoms with Gasteiger partial charge in [0, 0.05) is 6.42 Å². The van der Waals surface area contributed by atoms with E-state index in [0.29, 0.717) is 5.56 Å². The predicted molar refractivity (Wildman–Crippen MR) is 58.1 cm³/mol. The first kappa shape index (κ1) is 11.3. The first-order chi connectivity index (χ1) is 7.28. The number of rotatable bonds is 1. The highest BCUT2D eigenvalue weighted by molar-refractivity contribution is 7.85. The van der Waals surface area contributed by atoms with Crippen molar-refractivity contribution in [3.05, 3.63) is 35.4 Å². The molecule has 0 radical (unpaired) electrons. The fourth-order valence-electron chi connectivity index (χ4n) is 1.65. The molecular weight excluding hydrogens is 230 g/mol. The van der Waals surface area contributed by atoms with Crippen molar-refractivity contribution in [1.29, 1.82) is 0 Å². The van der Waals surface area contributed by atoms with E-state index in [4.69, 9.17) is 10.3 Å². The minimum Gasteiger partial charge on any atom is -0.372 e. The van der Waals surface area contributed by atoms with Crippen molar-refractivity contribution in [2.45, 2.75) is 17.0 Å². The van der Waals surface area contributed by atoms with Crippen LogP contribution in [0.15, 0.2) is 29.2 Å². The Morgan fingerprint density at radius 2 is 2.06 bits per heavy atom. The van der Waals surface area contributed by atoms with Gasteiger partial charge in [0.25, 0.3) is 10.1 Å². The zero-order valence-electron chi connectivity index (χ0n) is 8.29. The number of nitrogens with two attached hydrogens (primary N) is 1. The van der Waals surface area contributed by atoms with Gasteiger partial charge >= 0.3 is 0 Å². The lowest BCUT2D eigenvalue weighted by Crippen LogP contribution is -2.41. The summed E-state index contributed by atoms with van der Waals surface area (Å²) in [6.07, 6.45) is 3.14. The van der Waals surface area contributed by atoms with Crippen molar-refractivity contribution >= 4 is 16.2 Å². The van der Waals surface area contributed by atoms with Gasteiger partial charge in [-0.15, -0.1) is 0 Å². The molecule has 0 bridgehead atoms. The lowest BCUT2D eigenvalue weighted by atomic mass is 9.92. The van der Waals surface area contributed by atoms with Crippen LogP contribution in [0.2, 0.25) is 0 Å². The largest absolute Gasteiger partial charge is 0.372 e. The van der Waals surface area contributed by atoms with Crippen molar-refractivity contribution in [2.24, 2.45) is 5.73 Å². The number of hydrogen-bond acceptors (Lipinski definition) is 4. The summed E-state index contributed by atoms with van der Waals surface area (Å²) in [5.74, 6) is 0. The molecule has 0 fully saturated rings. The molecule has 1 unspecified atom stereocenters. The molecule has 0 saturated heterocycles. The number of benzene rings is 1. The molecule has 1 atom stereocenters. The van der Waals surface area contributed by atoms with Crippen LogP contribution >= 0.6 is 0 Å². The van der Waals surface area contributed by atoms with Gasteiger partial charge in [0.05, 0.1) is 4.90 Å². The fourth-order valence-corrected chi connectivity index (χ4v) is 2.16. The third-order valence-corrected chi connectivity index (χ3v) is 3.29. The molecule has 1 aliphatic rings.